The Hall–Kier alpha value is -1.66. The molecule has 0 aliphatic heterocycles. The molecule has 2 aromatic rings. The van der Waals surface area contributed by atoms with Crippen LogP contribution in [0, 0.1) is 18.3 Å². The second-order valence-electron chi connectivity index (χ2n) is 5.43. The Bertz CT molecular complexity index is 612. The predicted octanol–water partition coefficient (Wildman–Crippen LogP) is 4.29. The molecule has 0 aliphatic rings. The van der Waals surface area contributed by atoms with Crippen LogP contribution in [0.5, 0.6) is 0 Å². The molecule has 1 aromatic carbocycles. The molecule has 1 aromatic heterocycles. The zero-order valence-corrected chi connectivity index (χ0v) is 11.9. The molecule has 3 heteroatoms. The summed E-state index contributed by atoms with van der Waals surface area (Å²) in [5, 5.41) is 10.1. The van der Waals surface area contributed by atoms with E-state index >= 15 is 0 Å². The summed E-state index contributed by atoms with van der Waals surface area (Å²) in [7, 11) is 0. The highest BCUT2D eigenvalue weighted by Crippen LogP contribution is 2.34. The summed E-state index contributed by atoms with van der Waals surface area (Å²) >= 11 is 1.48. The van der Waals surface area contributed by atoms with E-state index in [1.807, 2.05) is 12.1 Å². The SMILES string of the molecule is Cc1cccc(-c2nc(C(C)(C)C)c(C#N)s2)c1. The normalized spacial score (nSPS) is 11.3. The van der Waals surface area contributed by atoms with Crippen LogP contribution in [0.3, 0.4) is 0 Å². The van der Waals surface area contributed by atoms with Gasteiger partial charge in [0, 0.05) is 11.0 Å². The summed E-state index contributed by atoms with van der Waals surface area (Å²) in [6.45, 7) is 8.32. The summed E-state index contributed by atoms with van der Waals surface area (Å²) in [5.41, 5.74) is 3.10. The largest absolute Gasteiger partial charge is 0.239 e. The first-order chi connectivity index (χ1) is 8.41. The molecule has 0 saturated carbocycles. The number of aromatic nitrogens is 1. The Morgan fingerprint density at radius 3 is 2.50 bits per heavy atom. The summed E-state index contributed by atoms with van der Waals surface area (Å²) in [6.07, 6.45) is 0. The van der Waals surface area contributed by atoms with E-state index in [0.29, 0.717) is 0 Å². The molecule has 0 spiro atoms. The minimum Gasteiger partial charge on any atom is -0.239 e. The lowest BCUT2D eigenvalue weighted by Gasteiger charge is -2.15. The third kappa shape index (κ3) is 2.44. The molecule has 0 aliphatic carbocycles. The smallest absolute Gasteiger partial charge is 0.128 e. The lowest BCUT2D eigenvalue weighted by atomic mass is 9.91. The maximum atomic E-state index is 9.22. The Morgan fingerprint density at radius 2 is 2.00 bits per heavy atom. The molecule has 18 heavy (non-hydrogen) atoms. The van der Waals surface area contributed by atoms with Gasteiger partial charge in [-0.15, -0.1) is 11.3 Å². The van der Waals surface area contributed by atoms with E-state index in [2.05, 4.69) is 50.9 Å². The molecule has 0 N–H and O–H groups in total. The van der Waals surface area contributed by atoms with Gasteiger partial charge in [-0.25, -0.2) is 4.98 Å². The van der Waals surface area contributed by atoms with Crippen molar-refractivity contribution in [3.63, 3.8) is 0 Å². The highest BCUT2D eigenvalue weighted by molar-refractivity contribution is 7.15. The Morgan fingerprint density at radius 1 is 1.28 bits per heavy atom. The summed E-state index contributed by atoms with van der Waals surface area (Å²) in [5.74, 6) is 0. The van der Waals surface area contributed by atoms with Crippen molar-refractivity contribution in [1.82, 2.24) is 4.98 Å². The van der Waals surface area contributed by atoms with Gasteiger partial charge in [0.05, 0.1) is 5.69 Å². The molecule has 0 fully saturated rings. The monoisotopic (exact) mass is 256 g/mol. The van der Waals surface area contributed by atoms with Crippen LogP contribution < -0.4 is 0 Å². The molecule has 0 amide bonds. The van der Waals surface area contributed by atoms with Crippen molar-refractivity contribution in [2.24, 2.45) is 0 Å². The third-order valence-electron chi connectivity index (χ3n) is 2.70. The van der Waals surface area contributed by atoms with E-state index < -0.39 is 0 Å². The maximum Gasteiger partial charge on any atom is 0.128 e. The maximum absolute atomic E-state index is 9.22. The van der Waals surface area contributed by atoms with Gasteiger partial charge in [0.1, 0.15) is 16.0 Å². The molecular weight excluding hydrogens is 240 g/mol. The van der Waals surface area contributed by atoms with Crippen LogP contribution in [-0.2, 0) is 5.41 Å². The van der Waals surface area contributed by atoms with E-state index in [9.17, 15) is 5.26 Å². The molecule has 2 rings (SSSR count). The van der Waals surface area contributed by atoms with E-state index in [-0.39, 0.29) is 5.41 Å². The zero-order valence-electron chi connectivity index (χ0n) is 11.1. The van der Waals surface area contributed by atoms with Gasteiger partial charge in [0.25, 0.3) is 0 Å². The van der Waals surface area contributed by atoms with Gasteiger partial charge in [-0.05, 0) is 13.0 Å². The third-order valence-corrected chi connectivity index (χ3v) is 3.71. The highest BCUT2D eigenvalue weighted by Gasteiger charge is 2.23. The van der Waals surface area contributed by atoms with Crippen LogP contribution in [0.4, 0.5) is 0 Å². The zero-order chi connectivity index (χ0) is 13.3. The standard InChI is InChI=1S/C15H16N2S/c1-10-6-5-7-11(8-10)14-17-13(15(2,3)4)12(9-16)18-14/h5-8H,1-4H3. The Kier molecular flexibility index (Phi) is 3.23. The lowest BCUT2D eigenvalue weighted by molar-refractivity contribution is 0.572. The highest BCUT2D eigenvalue weighted by atomic mass is 32.1. The van der Waals surface area contributed by atoms with E-state index in [1.165, 1.54) is 16.9 Å². The van der Waals surface area contributed by atoms with Crippen LogP contribution in [-0.4, -0.2) is 4.98 Å². The number of nitrogens with zero attached hydrogens (tertiary/aromatic N) is 2. The summed E-state index contributed by atoms with van der Waals surface area (Å²) < 4.78 is 0. The van der Waals surface area contributed by atoms with Crippen molar-refractivity contribution in [2.75, 3.05) is 0 Å². The Labute approximate surface area is 112 Å². The molecule has 0 saturated heterocycles. The second kappa shape index (κ2) is 4.55. The number of thiazole rings is 1. The first-order valence-corrected chi connectivity index (χ1v) is 6.72. The molecule has 0 radical (unpaired) electrons. The van der Waals surface area contributed by atoms with Gasteiger partial charge in [-0.1, -0.05) is 44.5 Å². The number of nitriles is 1. The molecule has 0 unspecified atom stereocenters. The first kappa shape index (κ1) is 12.8. The van der Waals surface area contributed by atoms with Crippen LogP contribution >= 0.6 is 11.3 Å². The van der Waals surface area contributed by atoms with Crippen molar-refractivity contribution < 1.29 is 0 Å². The molecule has 0 bridgehead atoms. The van der Waals surface area contributed by atoms with Crippen molar-refractivity contribution >= 4 is 11.3 Å². The lowest BCUT2D eigenvalue weighted by Crippen LogP contribution is -2.13. The van der Waals surface area contributed by atoms with Crippen LogP contribution in [0.1, 0.15) is 36.9 Å². The van der Waals surface area contributed by atoms with Crippen LogP contribution in [0.2, 0.25) is 0 Å². The van der Waals surface area contributed by atoms with E-state index in [0.717, 1.165) is 21.1 Å². The molecule has 92 valence electrons. The van der Waals surface area contributed by atoms with Gasteiger partial charge >= 0.3 is 0 Å². The van der Waals surface area contributed by atoms with E-state index in [1.54, 1.807) is 0 Å². The topological polar surface area (TPSA) is 36.7 Å². The second-order valence-corrected chi connectivity index (χ2v) is 6.43. The molecule has 0 atom stereocenters. The van der Waals surface area contributed by atoms with Crippen molar-refractivity contribution in [2.45, 2.75) is 33.1 Å². The minimum atomic E-state index is -0.0936. The number of rotatable bonds is 1. The number of hydrogen-bond acceptors (Lipinski definition) is 3. The van der Waals surface area contributed by atoms with Gasteiger partial charge in [0.15, 0.2) is 0 Å². The summed E-state index contributed by atoms with van der Waals surface area (Å²) in [4.78, 5) is 5.38. The number of hydrogen-bond donors (Lipinski definition) is 0. The van der Waals surface area contributed by atoms with Crippen molar-refractivity contribution in [3.8, 4) is 16.6 Å². The minimum absolute atomic E-state index is 0.0936. The number of aryl methyl sites for hydroxylation is 1. The fourth-order valence-electron chi connectivity index (χ4n) is 1.81. The predicted molar refractivity (Wildman–Crippen MR) is 75.7 cm³/mol. The average molecular weight is 256 g/mol. The van der Waals surface area contributed by atoms with Gasteiger partial charge in [-0.2, -0.15) is 5.26 Å². The molecule has 2 nitrogen and oxygen atoms in total. The van der Waals surface area contributed by atoms with Crippen molar-refractivity contribution in [1.29, 1.82) is 5.26 Å². The van der Waals surface area contributed by atoms with E-state index in [4.69, 9.17) is 0 Å². The molecule has 1 heterocycles. The summed E-state index contributed by atoms with van der Waals surface area (Å²) in [6, 6.07) is 10.5. The average Bonchev–Trinajstić information content (AvgIpc) is 2.72. The van der Waals surface area contributed by atoms with Gasteiger partial charge in [0.2, 0.25) is 0 Å². The van der Waals surface area contributed by atoms with Gasteiger partial charge in [-0.3, -0.25) is 0 Å². The van der Waals surface area contributed by atoms with Crippen LogP contribution in [0.25, 0.3) is 10.6 Å². The fraction of sp³-hybridized carbons (Fsp3) is 0.333. The van der Waals surface area contributed by atoms with Crippen LogP contribution in [0.15, 0.2) is 24.3 Å². The number of benzene rings is 1. The first-order valence-electron chi connectivity index (χ1n) is 5.90. The van der Waals surface area contributed by atoms with Gasteiger partial charge < -0.3 is 0 Å². The fourth-order valence-corrected chi connectivity index (χ4v) is 2.88. The quantitative estimate of drug-likeness (QED) is 0.763. The molecular formula is C15H16N2S. The van der Waals surface area contributed by atoms with Crippen molar-refractivity contribution in [3.05, 3.63) is 40.4 Å². The Balaban J connectivity index is 2.55.